The zero-order valence-electron chi connectivity index (χ0n) is 17.4. The second-order valence-electron chi connectivity index (χ2n) is 8.00. The van der Waals surface area contributed by atoms with Crippen molar-refractivity contribution in [3.63, 3.8) is 0 Å². The molecule has 1 aliphatic rings. The molecule has 2 aromatic carbocycles. The lowest BCUT2D eigenvalue weighted by atomic mass is 10.2. The lowest BCUT2D eigenvalue weighted by molar-refractivity contribution is -0.123. The van der Waals surface area contributed by atoms with Gasteiger partial charge in [0.05, 0.1) is 5.69 Å². The third kappa shape index (κ3) is 5.50. The molecular formula is C22H25N3O5. The van der Waals surface area contributed by atoms with E-state index in [2.05, 4.69) is 10.6 Å². The highest BCUT2D eigenvalue weighted by Gasteiger charge is 2.28. The largest absolute Gasteiger partial charge is 0.482 e. The van der Waals surface area contributed by atoms with Gasteiger partial charge in [0, 0.05) is 11.4 Å². The van der Waals surface area contributed by atoms with Crippen LogP contribution >= 0.6 is 0 Å². The zero-order valence-corrected chi connectivity index (χ0v) is 17.4. The summed E-state index contributed by atoms with van der Waals surface area (Å²) in [5.41, 5.74) is 1.85. The van der Waals surface area contributed by atoms with Gasteiger partial charge >= 0.3 is 6.09 Å². The molecular weight excluding hydrogens is 386 g/mol. The van der Waals surface area contributed by atoms with E-state index in [-0.39, 0.29) is 25.0 Å². The topological polar surface area (TPSA) is 97.0 Å². The van der Waals surface area contributed by atoms with Gasteiger partial charge in [-0.2, -0.15) is 0 Å². The summed E-state index contributed by atoms with van der Waals surface area (Å²) in [5.74, 6) is -0.240. The molecule has 30 heavy (non-hydrogen) atoms. The van der Waals surface area contributed by atoms with E-state index >= 15 is 0 Å². The molecule has 1 heterocycles. The van der Waals surface area contributed by atoms with E-state index in [1.807, 2.05) is 25.1 Å². The molecule has 1 aliphatic heterocycles. The lowest BCUT2D eigenvalue weighted by Crippen LogP contribution is -2.43. The Kier molecular flexibility index (Phi) is 5.96. The molecule has 0 saturated carbocycles. The van der Waals surface area contributed by atoms with Crippen LogP contribution in [0.4, 0.5) is 21.9 Å². The number of aryl methyl sites for hydroxylation is 1. The van der Waals surface area contributed by atoms with Gasteiger partial charge in [0.15, 0.2) is 6.61 Å². The molecule has 158 valence electrons. The van der Waals surface area contributed by atoms with Crippen LogP contribution in [0.15, 0.2) is 42.5 Å². The smallest absolute Gasteiger partial charge is 0.412 e. The predicted octanol–water partition coefficient (Wildman–Crippen LogP) is 3.71. The molecule has 0 unspecified atom stereocenters. The van der Waals surface area contributed by atoms with Crippen LogP contribution in [0.1, 0.15) is 26.3 Å². The van der Waals surface area contributed by atoms with Gasteiger partial charge in [-0.3, -0.25) is 19.8 Å². The van der Waals surface area contributed by atoms with Crippen molar-refractivity contribution in [2.75, 3.05) is 28.7 Å². The molecule has 0 spiro atoms. The van der Waals surface area contributed by atoms with E-state index in [4.69, 9.17) is 9.47 Å². The molecule has 0 fully saturated rings. The summed E-state index contributed by atoms with van der Waals surface area (Å²) < 4.78 is 10.7. The first-order chi connectivity index (χ1) is 14.1. The number of anilines is 3. The third-order valence-corrected chi connectivity index (χ3v) is 4.15. The molecule has 0 aromatic heterocycles. The Balaban J connectivity index is 1.76. The standard InChI is InChI=1S/C22H25N3O5/c1-14-6-5-7-15(10-14)23-19(26)12-25-17-11-16(24-21(28)30-22(2,3)4)8-9-18(17)29-13-20(25)27/h5-11H,12-13H2,1-4H3,(H,23,26)(H,24,28). The minimum atomic E-state index is -0.642. The van der Waals surface area contributed by atoms with Gasteiger partial charge in [-0.05, 0) is 63.6 Å². The number of ether oxygens (including phenoxy) is 2. The van der Waals surface area contributed by atoms with E-state index in [9.17, 15) is 14.4 Å². The van der Waals surface area contributed by atoms with Crippen LogP contribution in [-0.4, -0.2) is 36.7 Å². The Morgan fingerprint density at radius 3 is 2.53 bits per heavy atom. The number of hydrogen-bond donors (Lipinski definition) is 2. The number of hydrogen-bond acceptors (Lipinski definition) is 5. The van der Waals surface area contributed by atoms with Crippen molar-refractivity contribution < 1.29 is 23.9 Å². The van der Waals surface area contributed by atoms with Crippen LogP contribution in [-0.2, 0) is 14.3 Å². The average molecular weight is 411 g/mol. The summed E-state index contributed by atoms with van der Waals surface area (Å²) in [6.45, 7) is 6.88. The van der Waals surface area contributed by atoms with Crippen molar-refractivity contribution in [3.8, 4) is 5.75 Å². The maximum atomic E-state index is 12.5. The van der Waals surface area contributed by atoms with Crippen molar-refractivity contribution >= 4 is 35.0 Å². The molecule has 8 heteroatoms. The van der Waals surface area contributed by atoms with Crippen LogP contribution < -0.4 is 20.3 Å². The van der Waals surface area contributed by atoms with Gasteiger partial charge in [-0.1, -0.05) is 12.1 Å². The number of rotatable bonds is 4. The summed E-state index contributed by atoms with van der Waals surface area (Å²) in [6.07, 6.45) is -0.616. The lowest BCUT2D eigenvalue weighted by Gasteiger charge is -2.29. The number of fused-ring (bicyclic) bond motifs is 1. The molecule has 8 nitrogen and oxygen atoms in total. The minimum Gasteiger partial charge on any atom is -0.482 e. The van der Waals surface area contributed by atoms with Gasteiger partial charge in [0.1, 0.15) is 17.9 Å². The molecule has 2 aromatic rings. The number of nitrogens with zero attached hydrogens (tertiary/aromatic N) is 1. The fourth-order valence-electron chi connectivity index (χ4n) is 2.94. The normalized spacial score (nSPS) is 13.2. The van der Waals surface area contributed by atoms with Crippen LogP contribution in [0, 0.1) is 6.92 Å². The SMILES string of the molecule is Cc1cccc(NC(=O)CN2C(=O)COc3ccc(NC(=O)OC(C)(C)C)cc32)c1. The third-order valence-electron chi connectivity index (χ3n) is 4.15. The predicted molar refractivity (Wildman–Crippen MR) is 114 cm³/mol. The van der Waals surface area contributed by atoms with Crippen molar-refractivity contribution in [2.24, 2.45) is 0 Å². The quantitative estimate of drug-likeness (QED) is 0.800. The minimum absolute atomic E-state index is 0.163. The first kappa shape index (κ1) is 21.2. The van der Waals surface area contributed by atoms with Crippen molar-refractivity contribution in [2.45, 2.75) is 33.3 Å². The summed E-state index contributed by atoms with van der Waals surface area (Å²) in [6, 6.07) is 12.3. The van der Waals surface area contributed by atoms with Gasteiger partial charge in [-0.25, -0.2) is 4.79 Å². The fourth-order valence-corrected chi connectivity index (χ4v) is 2.94. The molecule has 0 atom stereocenters. The first-order valence-electron chi connectivity index (χ1n) is 9.54. The molecule has 0 bridgehead atoms. The molecule has 0 radical (unpaired) electrons. The van der Waals surface area contributed by atoms with Gasteiger partial charge < -0.3 is 14.8 Å². The number of carbonyl (C=O) groups excluding carboxylic acids is 3. The Bertz CT molecular complexity index is 981. The second kappa shape index (κ2) is 8.44. The fraction of sp³-hybridized carbons (Fsp3) is 0.318. The van der Waals surface area contributed by atoms with E-state index in [1.54, 1.807) is 45.0 Å². The van der Waals surface area contributed by atoms with Gasteiger partial charge in [0.2, 0.25) is 5.91 Å². The number of nitrogens with one attached hydrogen (secondary N) is 2. The van der Waals surface area contributed by atoms with E-state index in [1.165, 1.54) is 4.90 Å². The van der Waals surface area contributed by atoms with Gasteiger partial charge in [0.25, 0.3) is 5.91 Å². The molecule has 2 N–H and O–H groups in total. The maximum absolute atomic E-state index is 12.5. The van der Waals surface area contributed by atoms with Crippen molar-refractivity contribution in [3.05, 3.63) is 48.0 Å². The summed E-state index contributed by atoms with van der Waals surface area (Å²) in [4.78, 5) is 38.3. The van der Waals surface area contributed by atoms with Crippen LogP contribution in [0.5, 0.6) is 5.75 Å². The van der Waals surface area contributed by atoms with Crippen molar-refractivity contribution in [1.82, 2.24) is 0 Å². The average Bonchev–Trinajstić information content (AvgIpc) is 2.62. The Labute approximate surface area is 175 Å². The molecule has 0 saturated heterocycles. The summed E-state index contributed by atoms with van der Waals surface area (Å²) >= 11 is 0. The van der Waals surface area contributed by atoms with Crippen LogP contribution in [0.25, 0.3) is 0 Å². The van der Waals surface area contributed by atoms with Crippen LogP contribution in [0.3, 0.4) is 0 Å². The monoisotopic (exact) mass is 411 g/mol. The number of carbonyl (C=O) groups is 3. The second-order valence-corrected chi connectivity index (χ2v) is 8.00. The maximum Gasteiger partial charge on any atom is 0.412 e. The summed E-state index contributed by atoms with van der Waals surface area (Å²) in [5, 5.41) is 5.42. The molecule has 0 aliphatic carbocycles. The zero-order chi connectivity index (χ0) is 21.9. The Morgan fingerprint density at radius 2 is 1.83 bits per heavy atom. The van der Waals surface area contributed by atoms with E-state index in [0.717, 1.165) is 5.56 Å². The Morgan fingerprint density at radius 1 is 1.10 bits per heavy atom. The molecule has 3 amide bonds. The number of amides is 3. The van der Waals surface area contributed by atoms with E-state index < -0.39 is 11.7 Å². The molecule has 3 rings (SSSR count). The highest BCUT2D eigenvalue weighted by Crippen LogP contribution is 2.34. The van der Waals surface area contributed by atoms with E-state index in [0.29, 0.717) is 22.8 Å². The number of benzene rings is 2. The highest BCUT2D eigenvalue weighted by molar-refractivity contribution is 6.05. The Hall–Kier alpha value is -3.55. The summed E-state index contributed by atoms with van der Waals surface area (Å²) in [7, 11) is 0. The van der Waals surface area contributed by atoms with Gasteiger partial charge in [-0.15, -0.1) is 0 Å². The highest BCUT2D eigenvalue weighted by atomic mass is 16.6. The first-order valence-corrected chi connectivity index (χ1v) is 9.54. The van der Waals surface area contributed by atoms with Crippen molar-refractivity contribution in [1.29, 1.82) is 0 Å². The van der Waals surface area contributed by atoms with Crippen LogP contribution in [0.2, 0.25) is 0 Å².